The first kappa shape index (κ1) is 16.4. The Bertz CT molecular complexity index is 864. The van der Waals surface area contributed by atoms with Gasteiger partial charge in [-0.2, -0.15) is 0 Å². The highest BCUT2D eigenvalue weighted by Gasteiger charge is 2.45. The minimum absolute atomic E-state index is 0.0809. The fourth-order valence-electron chi connectivity index (χ4n) is 3.66. The second kappa shape index (κ2) is 7.04. The largest absolute Gasteiger partial charge is 0.439 e. The lowest BCUT2D eigenvalue weighted by molar-refractivity contribution is 0.128. The van der Waals surface area contributed by atoms with Crippen molar-refractivity contribution in [1.29, 1.82) is 0 Å². The van der Waals surface area contributed by atoms with Gasteiger partial charge in [0.05, 0.1) is 6.04 Å². The van der Waals surface area contributed by atoms with E-state index in [9.17, 15) is 4.79 Å². The minimum Gasteiger partial charge on any atom is -0.439 e. The van der Waals surface area contributed by atoms with Crippen LogP contribution in [-0.4, -0.2) is 11.0 Å². The number of nitrogens with zero attached hydrogens (tertiary/aromatic N) is 1. The number of hydrogen-bond donors (Lipinski definition) is 0. The zero-order valence-electron chi connectivity index (χ0n) is 14.7. The van der Waals surface area contributed by atoms with Gasteiger partial charge in [-0.05, 0) is 23.6 Å². The van der Waals surface area contributed by atoms with Crippen molar-refractivity contribution >= 4 is 6.09 Å². The van der Waals surface area contributed by atoms with Crippen LogP contribution in [0.2, 0.25) is 0 Å². The Morgan fingerprint density at radius 2 is 1.27 bits per heavy atom. The van der Waals surface area contributed by atoms with Crippen molar-refractivity contribution in [3.63, 3.8) is 0 Å². The number of benzene rings is 3. The molecule has 3 aromatic carbocycles. The molecule has 0 aliphatic carbocycles. The molecule has 1 fully saturated rings. The smallest absolute Gasteiger partial charge is 0.411 e. The predicted molar refractivity (Wildman–Crippen MR) is 102 cm³/mol. The van der Waals surface area contributed by atoms with Crippen LogP contribution in [0.3, 0.4) is 0 Å². The summed E-state index contributed by atoms with van der Waals surface area (Å²) < 4.78 is 5.86. The minimum atomic E-state index is -0.322. The zero-order valence-corrected chi connectivity index (χ0v) is 14.7. The third kappa shape index (κ3) is 2.97. The lowest BCUT2D eigenvalue weighted by Crippen LogP contribution is -2.31. The monoisotopic (exact) mass is 343 g/mol. The van der Waals surface area contributed by atoms with E-state index in [2.05, 4.69) is 31.2 Å². The molecule has 1 aliphatic heterocycles. The molecule has 1 heterocycles. The molecule has 0 aromatic heterocycles. The average Bonchev–Trinajstić information content (AvgIpc) is 3.06. The van der Waals surface area contributed by atoms with Crippen LogP contribution < -0.4 is 0 Å². The van der Waals surface area contributed by atoms with Crippen LogP contribution in [0.25, 0.3) is 0 Å². The topological polar surface area (TPSA) is 29.5 Å². The van der Waals surface area contributed by atoms with Gasteiger partial charge in [-0.25, -0.2) is 4.79 Å². The maximum Gasteiger partial charge on any atom is 0.411 e. The first-order valence-electron chi connectivity index (χ1n) is 8.89. The Hall–Kier alpha value is -3.07. The molecule has 130 valence electrons. The molecule has 0 spiro atoms. The molecule has 0 bridgehead atoms. The Balaban J connectivity index is 1.78. The van der Waals surface area contributed by atoms with Crippen molar-refractivity contribution in [2.75, 3.05) is 0 Å². The van der Waals surface area contributed by atoms with E-state index in [4.69, 9.17) is 4.74 Å². The maximum absolute atomic E-state index is 12.9. The van der Waals surface area contributed by atoms with Gasteiger partial charge in [-0.3, -0.25) is 4.90 Å². The van der Waals surface area contributed by atoms with E-state index in [0.29, 0.717) is 0 Å². The number of carbonyl (C=O) groups is 1. The lowest BCUT2D eigenvalue weighted by atomic mass is 9.93. The van der Waals surface area contributed by atoms with E-state index in [-0.39, 0.29) is 24.3 Å². The quantitative estimate of drug-likeness (QED) is 0.610. The lowest BCUT2D eigenvalue weighted by Gasteiger charge is -2.30. The molecule has 1 aliphatic rings. The summed E-state index contributed by atoms with van der Waals surface area (Å²) in [6.45, 7) is 2.06. The Morgan fingerprint density at radius 3 is 1.85 bits per heavy atom. The Labute approximate surface area is 153 Å². The molecule has 3 aromatic rings. The van der Waals surface area contributed by atoms with Gasteiger partial charge in [-0.1, -0.05) is 91.0 Å². The van der Waals surface area contributed by atoms with Crippen molar-refractivity contribution in [1.82, 2.24) is 4.90 Å². The van der Waals surface area contributed by atoms with Crippen LogP contribution in [-0.2, 0) is 4.74 Å². The Kier molecular flexibility index (Phi) is 4.44. The molecule has 1 saturated heterocycles. The average molecular weight is 343 g/mol. The normalized spacial score (nSPS) is 20.7. The Morgan fingerprint density at radius 1 is 0.769 bits per heavy atom. The van der Waals surface area contributed by atoms with E-state index in [0.717, 1.165) is 16.7 Å². The summed E-state index contributed by atoms with van der Waals surface area (Å²) >= 11 is 0. The van der Waals surface area contributed by atoms with E-state index < -0.39 is 0 Å². The molecule has 0 unspecified atom stereocenters. The molecule has 0 radical (unpaired) electrons. The number of cyclic esters (lactones) is 1. The third-order valence-electron chi connectivity index (χ3n) is 4.99. The highest BCUT2D eigenvalue weighted by molar-refractivity contribution is 5.72. The standard InChI is InChI=1S/C23H21NO2/c1-17(18-11-5-2-6-12-18)24-21(19-13-7-3-8-14-19)22(26-23(24)25)20-15-9-4-10-16-20/h2-17,21-22H,1H3/t17-,21-,22-/m0/s1. The van der Waals surface area contributed by atoms with Crippen LogP contribution >= 0.6 is 0 Å². The van der Waals surface area contributed by atoms with E-state index in [1.54, 1.807) is 0 Å². The zero-order chi connectivity index (χ0) is 17.9. The summed E-state index contributed by atoms with van der Waals surface area (Å²) in [5.74, 6) is 0. The van der Waals surface area contributed by atoms with Crippen LogP contribution in [0.4, 0.5) is 4.79 Å². The summed E-state index contributed by atoms with van der Waals surface area (Å²) in [7, 11) is 0. The van der Waals surface area contributed by atoms with Gasteiger partial charge in [0.2, 0.25) is 0 Å². The summed E-state index contributed by atoms with van der Waals surface area (Å²) in [5, 5.41) is 0. The maximum atomic E-state index is 12.9. The highest BCUT2D eigenvalue weighted by atomic mass is 16.6. The molecule has 3 atom stereocenters. The van der Waals surface area contributed by atoms with Crippen LogP contribution in [0, 0.1) is 0 Å². The second-order valence-electron chi connectivity index (χ2n) is 6.56. The SMILES string of the molecule is C[C@@H](c1ccccc1)N1C(=O)O[C@@H](c2ccccc2)[C@@H]1c1ccccc1. The van der Waals surface area contributed by atoms with Crippen LogP contribution in [0.5, 0.6) is 0 Å². The number of carbonyl (C=O) groups excluding carboxylic acids is 1. The van der Waals surface area contributed by atoms with Gasteiger partial charge >= 0.3 is 6.09 Å². The first-order chi connectivity index (χ1) is 12.8. The van der Waals surface area contributed by atoms with E-state index >= 15 is 0 Å². The number of hydrogen-bond acceptors (Lipinski definition) is 2. The number of ether oxygens (including phenoxy) is 1. The summed E-state index contributed by atoms with van der Waals surface area (Å²) in [5.41, 5.74) is 3.19. The van der Waals surface area contributed by atoms with Crippen molar-refractivity contribution in [2.45, 2.75) is 25.1 Å². The summed E-state index contributed by atoms with van der Waals surface area (Å²) in [6, 6.07) is 29.9. The summed E-state index contributed by atoms with van der Waals surface area (Å²) in [6.07, 6.45) is -0.596. The summed E-state index contributed by atoms with van der Waals surface area (Å²) in [4.78, 5) is 14.7. The van der Waals surface area contributed by atoms with Gasteiger partial charge in [-0.15, -0.1) is 0 Å². The molecule has 1 amide bonds. The highest BCUT2D eigenvalue weighted by Crippen LogP contribution is 2.46. The molecular formula is C23H21NO2. The molecule has 4 rings (SSSR count). The molecule has 0 saturated carbocycles. The van der Waals surface area contributed by atoms with Crippen molar-refractivity contribution in [3.05, 3.63) is 108 Å². The third-order valence-corrected chi connectivity index (χ3v) is 4.99. The molecule has 3 nitrogen and oxygen atoms in total. The first-order valence-corrected chi connectivity index (χ1v) is 8.89. The van der Waals surface area contributed by atoms with E-state index in [1.807, 2.05) is 71.6 Å². The number of amides is 1. The fraction of sp³-hybridized carbons (Fsp3) is 0.174. The molecule has 3 heteroatoms. The second-order valence-corrected chi connectivity index (χ2v) is 6.56. The van der Waals surface area contributed by atoms with Gasteiger partial charge in [0.1, 0.15) is 6.04 Å². The van der Waals surface area contributed by atoms with Crippen molar-refractivity contribution in [3.8, 4) is 0 Å². The molecule has 26 heavy (non-hydrogen) atoms. The van der Waals surface area contributed by atoms with Gasteiger partial charge < -0.3 is 4.74 Å². The number of rotatable bonds is 4. The predicted octanol–water partition coefficient (Wildman–Crippen LogP) is 5.68. The molecular weight excluding hydrogens is 322 g/mol. The molecule has 0 N–H and O–H groups in total. The van der Waals surface area contributed by atoms with Crippen LogP contribution in [0.1, 0.15) is 41.8 Å². The van der Waals surface area contributed by atoms with Gasteiger partial charge in [0.15, 0.2) is 6.10 Å². The van der Waals surface area contributed by atoms with Crippen molar-refractivity contribution in [2.24, 2.45) is 0 Å². The van der Waals surface area contributed by atoms with Gasteiger partial charge in [0, 0.05) is 0 Å². The van der Waals surface area contributed by atoms with Crippen molar-refractivity contribution < 1.29 is 9.53 Å². The van der Waals surface area contributed by atoms with E-state index in [1.165, 1.54) is 0 Å². The fourth-order valence-corrected chi connectivity index (χ4v) is 3.66. The van der Waals surface area contributed by atoms with Crippen LogP contribution in [0.15, 0.2) is 91.0 Å². The van der Waals surface area contributed by atoms with Gasteiger partial charge in [0.25, 0.3) is 0 Å².